The second-order valence-corrected chi connectivity index (χ2v) is 6.34. The topological polar surface area (TPSA) is 49.8 Å². The molecule has 1 fully saturated rings. The van der Waals surface area contributed by atoms with Gasteiger partial charge in [-0.05, 0) is 41.5 Å². The van der Waals surface area contributed by atoms with E-state index in [-0.39, 0.29) is 17.1 Å². The van der Waals surface area contributed by atoms with Crippen molar-refractivity contribution in [1.29, 1.82) is 0 Å². The molecule has 0 saturated carbocycles. The molecule has 0 unspecified atom stereocenters. The van der Waals surface area contributed by atoms with Gasteiger partial charge in [-0.15, -0.1) is 0 Å². The van der Waals surface area contributed by atoms with Crippen LogP contribution in [-0.4, -0.2) is 45.8 Å². The fourth-order valence-electron chi connectivity index (χ4n) is 2.32. The van der Waals surface area contributed by atoms with Gasteiger partial charge in [0.2, 0.25) is 0 Å². The molecule has 0 bridgehead atoms. The molecule has 0 spiro atoms. The van der Waals surface area contributed by atoms with Crippen LogP contribution in [0.4, 0.5) is 0 Å². The number of rotatable bonds is 1. The molecule has 94 valence electrons. The summed E-state index contributed by atoms with van der Waals surface area (Å²) in [6.07, 6.45) is 0. The highest BCUT2D eigenvalue weighted by molar-refractivity contribution is 5.84. The van der Waals surface area contributed by atoms with Crippen LogP contribution in [0.3, 0.4) is 0 Å². The fourth-order valence-corrected chi connectivity index (χ4v) is 2.32. The Morgan fingerprint density at radius 2 is 1.56 bits per heavy atom. The van der Waals surface area contributed by atoms with E-state index in [1.807, 2.05) is 27.7 Å². The van der Waals surface area contributed by atoms with Crippen LogP contribution in [0.25, 0.3) is 0 Å². The average Bonchev–Trinajstić information content (AvgIpc) is 1.94. The highest BCUT2D eigenvalue weighted by atomic mass is 16.5. The summed E-state index contributed by atoms with van der Waals surface area (Å²) in [7, 11) is 0. The highest BCUT2D eigenvalue weighted by Crippen LogP contribution is 2.29. The van der Waals surface area contributed by atoms with E-state index < -0.39 is 5.60 Å². The van der Waals surface area contributed by atoms with Gasteiger partial charge < -0.3 is 14.7 Å². The lowest BCUT2D eigenvalue weighted by Gasteiger charge is -2.48. The minimum Gasteiger partial charge on any atom is -0.381 e. The zero-order valence-corrected chi connectivity index (χ0v) is 11.1. The van der Waals surface area contributed by atoms with Gasteiger partial charge in [-0.1, -0.05) is 0 Å². The predicted octanol–water partition coefficient (Wildman–Crippen LogP) is 1.17. The summed E-state index contributed by atoms with van der Waals surface area (Å²) in [6.45, 7) is 11.9. The Labute approximate surface area is 97.6 Å². The molecular formula is C12H23NO3. The Kier molecular flexibility index (Phi) is 3.12. The smallest absolute Gasteiger partial charge is 0.254 e. The number of ether oxygens (including phenoxy) is 1. The second-order valence-electron chi connectivity index (χ2n) is 6.34. The van der Waals surface area contributed by atoms with Crippen LogP contribution in [0.1, 0.15) is 41.5 Å². The first kappa shape index (κ1) is 13.5. The number of nitrogens with zero attached hydrogens (tertiary/aromatic N) is 1. The average molecular weight is 229 g/mol. The van der Waals surface area contributed by atoms with E-state index in [1.165, 1.54) is 13.8 Å². The molecule has 1 N–H and O–H groups in total. The van der Waals surface area contributed by atoms with E-state index in [9.17, 15) is 9.90 Å². The molecule has 1 rings (SSSR count). The normalized spacial score (nSPS) is 24.3. The van der Waals surface area contributed by atoms with Crippen molar-refractivity contribution in [2.24, 2.45) is 0 Å². The lowest BCUT2D eigenvalue weighted by atomic mass is 9.97. The quantitative estimate of drug-likeness (QED) is 0.734. The molecule has 16 heavy (non-hydrogen) atoms. The van der Waals surface area contributed by atoms with Crippen LogP contribution in [0.2, 0.25) is 0 Å². The second kappa shape index (κ2) is 3.70. The number of carbonyl (C=O) groups excluding carboxylic acids is 1. The third-order valence-corrected chi connectivity index (χ3v) is 2.51. The van der Waals surface area contributed by atoms with Gasteiger partial charge in [0.05, 0.1) is 11.2 Å². The molecule has 1 aliphatic heterocycles. The Morgan fingerprint density at radius 3 is 1.88 bits per heavy atom. The van der Waals surface area contributed by atoms with Gasteiger partial charge >= 0.3 is 0 Å². The standard InChI is InChI=1S/C12H23NO3/c1-10(2)7-13(8-11(3,4)16-10)9(14)12(5,6)15/h15H,7-8H2,1-6H3. The Morgan fingerprint density at radius 1 is 1.19 bits per heavy atom. The number of morpholine rings is 1. The van der Waals surface area contributed by atoms with Gasteiger partial charge in [-0.25, -0.2) is 0 Å². The molecule has 0 aromatic carbocycles. The molecule has 4 nitrogen and oxygen atoms in total. The first-order chi connectivity index (χ1) is 6.93. The summed E-state index contributed by atoms with van der Waals surface area (Å²) in [5.74, 6) is -0.239. The number of carbonyl (C=O) groups is 1. The first-order valence-electron chi connectivity index (χ1n) is 5.65. The zero-order chi connectivity index (χ0) is 12.8. The van der Waals surface area contributed by atoms with Crippen molar-refractivity contribution in [3.05, 3.63) is 0 Å². The molecule has 0 radical (unpaired) electrons. The van der Waals surface area contributed by atoms with Gasteiger partial charge in [0.1, 0.15) is 5.60 Å². The van der Waals surface area contributed by atoms with E-state index in [2.05, 4.69) is 0 Å². The predicted molar refractivity (Wildman–Crippen MR) is 62.1 cm³/mol. The van der Waals surface area contributed by atoms with Crippen molar-refractivity contribution in [2.75, 3.05) is 13.1 Å². The van der Waals surface area contributed by atoms with Crippen LogP contribution in [0.5, 0.6) is 0 Å². The molecule has 1 aliphatic rings. The maximum atomic E-state index is 12.0. The molecule has 0 atom stereocenters. The van der Waals surface area contributed by atoms with Crippen LogP contribution in [0.15, 0.2) is 0 Å². The number of hydrogen-bond acceptors (Lipinski definition) is 3. The molecule has 1 heterocycles. The van der Waals surface area contributed by atoms with E-state index in [0.29, 0.717) is 13.1 Å². The summed E-state index contributed by atoms with van der Waals surface area (Å²) < 4.78 is 5.88. The molecular weight excluding hydrogens is 206 g/mol. The largest absolute Gasteiger partial charge is 0.381 e. The van der Waals surface area contributed by atoms with Crippen LogP contribution < -0.4 is 0 Å². The maximum Gasteiger partial charge on any atom is 0.254 e. The summed E-state index contributed by atoms with van der Waals surface area (Å²) in [6, 6.07) is 0. The van der Waals surface area contributed by atoms with Crippen molar-refractivity contribution in [1.82, 2.24) is 4.90 Å². The zero-order valence-electron chi connectivity index (χ0n) is 11.1. The van der Waals surface area contributed by atoms with Gasteiger partial charge in [0.25, 0.3) is 5.91 Å². The summed E-state index contributed by atoms with van der Waals surface area (Å²) in [4.78, 5) is 13.7. The molecule has 0 aliphatic carbocycles. The fraction of sp³-hybridized carbons (Fsp3) is 0.917. The van der Waals surface area contributed by atoms with Gasteiger partial charge in [0, 0.05) is 13.1 Å². The van der Waals surface area contributed by atoms with Gasteiger partial charge in [-0.2, -0.15) is 0 Å². The SMILES string of the molecule is CC1(C)CN(C(=O)C(C)(C)O)CC(C)(C)O1. The molecule has 1 saturated heterocycles. The molecule has 4 heteroatoms. The van der Waals surface area contributed by atoms with Crippen molar-refractivity contribution in [3.63, 3.8) is 0 Å². The highest BCUT2D eigenvalue weighted by Gasteiger charge is 2.42. The lowest BCUT2D eigenvalue weighted by molar-refractivity contribution is -0.195. The Bertz CT molecular complexity index is 273. The van der Waals surface area contributed by atoms with E-state index >= 15 is 0 Å². The van der Waals surface area contributed by atoms with Crippen LogP contribution in [-0.2, 0) is 9.53 Å². The van der Waals surface area contributed by atoms with E-state index in [1.54, 1.807) is 4.90 Å². The summed E-state index contributed by atoms with van der Waals surface area (Å²) in [5, 5.41) is 9.75. The van der Waals surface area contributed by atoms with Gasteiger partial charge in [0.15, 0.2) is 0 Å². The van der Waals surface area contributed by atoms with E-state index in [4.69, 9.17) is 4.74 Å². The minimum absolute atomic E-state index is 0.239. The maximum absolute atomic E-state index is 12.0. The molecule has 0 aromatic heterocycles. The molecule has 0 aromatic rings. The monoisotopic (exact) mass is 229 g/mol. The van der Waals surface area contributed by atoms with Crippen molar-refractivity contribution in [2.45, 2.75) is 58.3 Å². The third-order valence-electron chi connectivity index (χ3n) is 2.51. The van der Waals surface area contributed by atoms with Gasteiger partial charge in [-0.3, -0.25) is 4.79 Å². The molecule has 1 amide bonds. The van der Waals surface area contributed by atoms with Crippen molar-refractivity contribution < 1.29 is 14.6 Å². The van der Waals surface area contributed by atoms with Crippen molar-refractivity contribution >= 4 is 5.91 Å². The number of hydrogen-bond donors (Lipinski definition) is 1. The third kappa shape index (κ3) is 3.19. The summed E-state index contributed by atoms with van der Waals surface area (Å²) >= 11 is 0. The Balaban J connectivity index is 2.87. The van der Waals surface area contributed by atoms with Crippen molar-refractivity contribution in [3.8, 4) is 0 Å². The Hall–Kier alpha value is -0.610. The lowest BCUT2D eigenvalue weighted by Crippen LogP contribution is -2.61. The minimum atomic E-state index is -1.32. The summed E-state index contributed by atoms with van der Waals surface area (Å²) in [5.41, 5.74) is -2.06. The first-order valence-corrected chi connectivity index (χ1v) is 5.65. The van der Waals surface area contributed by atoms with Crippen LogP contribution in [0, 0.1) is 0 Å². The number of aliphatic hydroxyl groups is 1. The number of amides is 1. The van der Waals surface area contributed by atoms with E-state index in [0.717, 1.165) is 0 Å². The van der Waals surface area contributed by atoms with Crippen LogP contribution >= 0.6 is 0 Å².